The minimum atomic E-state index is -0.333. The lowest BCUT2D eigenvalue weighted by Gasteiger charge is -2.23. The second-order valence-corrected chi connectivity index (χ2v) is 4.11. The normalized spacial score (nSPS) is 17.5. The van der Waals surface area contributed by atoms with E-state index in [1.165, 1.54) is 12.3 Å². The first-order valence-corrected chi connectivity index (χ1v) is 5.60. The van der Waals surface area contributed by atoms with E-state index in [9.17, 15) is 4.79 Å². The van der Waals surface area contributed by atoms with Crippen LogP contribution >= 0.6 is 0 Å². The van der Waals surface area contributed by atoms with Crippen LogP contribution in [-0.4, -0.2) is 29.2 Å². The molecule has 1 fully saturated rings. The van der Waals surface area contributed by atoms with E-state index in [0.29, 0.717) is 12.6 Å². The van der Waals surface area contributed by atoms with Crippen molar-refractivity contribution in [2.75, 3.05) is 13.1 Å². The van der Waals surface area contributed by atoms with Gasteiger partial charge in [-0.1, -0.05) is 0 Å². The van der Waals surface area contributed by atoms with E-state index in [1.807, 2.05) is 0 Å². The van der Waals surface area contributed by atoms with E-state index in [1.54, 1.807) is 0 Å². The largest absolute Gasteiger partial charge is 0.503 e. The van der Waals surface area contributed by atoms with E-state index in [0.717, 1.165) is 31.6 Å². The van der Waals surface area contributed by atoms with Crippen LogP contribution in [0.3, 0.4) is 0 Å². The molecule has 0 spiro atoms. The van der Waals surface area contributed by atoms with Crippen molar-refractivity contribution in [3.63, 3.8) is 0 Å². The molecule has 1 aliphatic rings. The third kappa shape index (κ3) is 2.84. The van der Waals surface area contributed by atoms with Crippen LogP contribution in [0.5, 0.6) is 5.75 Å². The van der Waals surface area contributed by atoms with Gasteiger partial charge in [0.15, 0.2) is 5.75 Å². The number of aromatic nitrogens is 1. The zero-order chi connectivity index (χ0) is 11.4. The van der Waals surface area contributed by atoms with E-state index >= 15 is 0 Å². The highest BCUT2D eigenvalue weighted by molar-refractivity contribution is 5.18. The molecule has 0 aromatic carbocycles. The number of pyridine rings is 1. The van der Waals surface area contributed by atoms with E-state index in [2.05, 4.69) is 15.6 Å². The fourth-order valence-corrected chi connectivity index (χ4v) is 1.89. The maximum Gasteiger partial charge on any atom is 0.223 e. The Hall–Kier alpha value is -1.33. The SMILES string of the molecule is O=c1cc(CNC2CCNCC2)[nH]cc1O. The predicted molar refractivity (Wildman–Crippen MR) is 61.5 cm³/mol. The van der Waals surface area contributed by atoms with E-state index in [-0.39, 0.29) is 11.2 Å². The number of H-pyrrole nitrogens is 1. The fourth-order valence-electron chi connectivity index (χ4n) is 1.89. The average molecular weight is 223 g/mol. The van der Waals surface area contributed by atoms with Gasteiger partial charge < -0.3 is 20.7 Å². The lowest BCUT2D eigenvalue weighted by Crippen LogP contribution is -2.39. The second kappa shape index (κ2) is 5.14. The number of aromatic amines is 1. The molecule has 4 N–H and O–H groups in total. The summed E-state index contributed by atoms with van der Waals surface area (Å²) in [5, 5.41) is 15.8. The zero-order valence-electron chi connectivity index (χ0n) is 9.12. The summed E-state index contributed by atoms with van der Waals surface area (Å²) in [6, 6.07) is 1.95. The van der Waals surface area contributed by atoms with Gasteiger partial charge >= 0.3 is 0 Å². The van der Waals surface area contributed by atoms with Crippen molar-refractivity contribution in [2.45, 2.75) is 25.4 Å². The topological polar surface area (TPSA) is 77.2 Å². The Morgan fingerprint density at radius 3 is 2.88 bits per heavy atom. The first kappa shape index (κ1) is 11.2. The molecule has 1 saturated heterocycles. The van der Waals surface area contributed by atoms with Gasteiger partial charge in [0.1, 0.15) is 0 Å². The first-order valence-electron chi connectivity index (χ1n) is 5.60. The Bertz CT molecular complexity index is 396. The molecular weight excluding hydrogens is 206 g/mol. The predicted octanol–water partition coefficient (Wildman–Crippen LogP) is -0.0779. The van der Waals surface area contributed by atoms with Gasteiger partial charge in [0.2, 0.25) is 5.43 Å². The Kier molecular flexibility index (Phi) is 3.58. The number of nitrogens with one attached hydrogen (secondary N) is 3. The lowest BCUT2D eigenvalue weighted by atomic mass is 10.1. The Balaban J connectivity index is 1.88. The van der Waals surface area contributed by atoms with Gasteiger partial charge in [-0.05, 0) is 25.9 Å². The minimum Gasteiger partial charge on any atom is -0.503 e. The molecule has 0 atom stereocenters. The fraction of sp³-hybridized carbons (Fsp3) is 0.545. The average Bonchev–Trinajstić information content (AvgIpc) is 2.32. The molecule has 0 bridgehead atoms. The molecule has 1 aromatic rings. The molecular formula is C11H17N3O2. The summed E-state index contributed by atoms with van der Waals surface area (Å²) in [4.78, 5) is 14.1. The summed E-state index contributed by atoms with van der Waals surface area (Å²) >= 11 is 0. The van der Waals surface area contributed by atoms with Crippen molar-refractivity contribution in [1.29, 1.82) is 0 Å². The van der Waals surface area contributed by atoms with Crippen LogP contribution < -0.4 is 16.1 Å². The van der Waals surface area contributed by atoms with Gasteiger partial charge in [0.25, 0.3) is 0 Å². The number of aromatic hydroxyl groups is 1. The van der Waals surface area contributed by atoms with Crippen LogP contribution in [0, 0.1) is 0 Å². The van der Waals surface area contributed by atoms with Crippen molar-refractivity contribution in [3.8, 4) is 5.75 Å². The molecule has 0 unspecified atom stereocenters. The van der Waals surface area contributed by atoms with Gasteiger partial charge in [0, 0.05) is 30.5 Å². The molecule has 2 heterocycles. The quantitative estimate of drug-likeness (QED) is 0.578. The number of piperidine rings is 1. The first-order chi connectivity index (χ1) is 7.75. The lowest BCUT2D eigenvalue weighted by molar-refractivity contribution is 0.384. The smallest absolute Gasteiger partial charge is 0.223 e. The van der Waals surface area contributed by atoms with Crippen LogP contribution in [-0.2, 0) is 6.54 Å². The summed E-state index contributed by atoms with van der Waals surface area (Å²) in [7, 11) is 0. The minimum absolute atomic E-state index is 0.231. The Morgan fingerprint density at radius 2 is 2.19 bits per heavy atom. The standard InChI is InChI=1S/C11H17N3O2/c15-10-5-9(14-7-11(10)16)6-13-8-1-3-12-4-2-8/h5,7-8,12-13,16H,1-4,6H2,(H,14,15). The molecule has 0 radical (unpaired) electrons. The van der Waals surface area contributed by atoms with Gasteiger partial charge in [-0.3, -0.25) is 4.79 Å². The molecule has 0 aliphatic carbocycles. The summed E-state index contributed by atoms with van der Waals surface area (Å²) < 4.78 is 0. The van der Waals surface area contributed by atoms with Crippen LogP contribution in [0.15, 0.2) is 17.1 Å². The summed E-state index contributed by atoms with van der Waals surface area (Å²) in [6.07, 6.45) is 3.56. The van der Waals surface area contributed by atoms with Crippen molar-refractivity contribution >= 4 is 0 Å². The maximum absolute atomic E-state index is 11.2. The van der Waals surface area contributed by atoms with Crippen molar-refractivity contribution in [2.24, 2.45) is 0 Å². The van der Waals surface area contributed by atoms with Crippen molar-refractivity contribution in [3.05, 3.63) is 28.2 Å². The summed E-state index contributed by atoms with van der Waals surface area (Å²) in [5.41, 5.74) is 0.474. The zero-order valence-corrected chi connectivity index (χ0v) is 9.12. The van der Waals surface area contributed by atoms with Gasteiger partial charge in [0.05, 0.1) is 0 Å². The number of rotatable bonds is 3. The molecule has 16 heavy (non-hydrogen) atoms. The molecule has 1 aliphatic heterocycles. The van der Waals surface area contributed by atoms with Gasteiger partial charge in [-0.15, -0.1) is 0 Å². The van der Waals surface area contributed by atoms with Crippen LogP contribution in [0.25, 0.3) is 0 Å². The van der Waals surface area contributed by atoms with Gasteiger partial charge in [-0.25, -0.2) is 0 Å². The monoisotopic (exact) mass is 223 g/mol. The number of hydrogen-bond donors (Lipinski definition) is 4. The molecule has 1 aromatic heterocycles. The third-order valence-corrected chi connectivity index (χ3v) is 2.87. The molecule has 0 saturated carbocycles. The van der Waals surface area contributed by atoms with Crippen molar-refractivity contribution < 1.29 is 5.11 Å². The highest BCUT2D eigenvalue weighted by Gasteiger charge is 2.11. The molecule has 2 rings (SSSR count). The maximum atomic E-state index is 11.2. The Morgan fingerprint density at radius 1 is 1.44 bits per heavy atom. The summed E-state index contributed by atoms with van der Waals surface area (Å²) in [5.74, 6) is -0.231. The van der Waals surface area contributed by atoms with E-state index < -0.39 is 0 Å². The van der Waals surface area contributed by atoms with Gasteiger partial charge in [-0.2, -0.15) is 0 Å². The highest BCUT2D eigenvalue weighted by Crippen LogP contribution is 2.04. The van der Waals surface area contributed by atoms with Crippen LogP contribution in [0.4, 0.5) is 0 Å². The molecule has 5 nitrogen and oxygen atoms in total. The highest BCUT2D eigenvalue weighted by atomic mass is 16.3. The Labute approximate surface area is 93.9 Å². The molecule has 0 amide bonds. The molecule has 5 heteroatoms. The molecule has 88 valence electrons. The third-order valence-electron chi connectivity index (χ3n) is 2.87. The number of hydrogen-bond acceptors (Lipinski definition) is 4. The van der Waals surface area contributed by atoms with E-state index in [4.69, 9.17) is 5.11 Å². The second-order valence-electron chi connectivity index (χ2n) is 4.11. The van der Waals surface area contributed by atoms with Crippen molar-refractivity contribution in [1.82, 2.24) is 15.6 Å². The summed E-state index contributed by atoms with van der Waals surface area (Å²) in [6.45, 7) is 2.73. The van der Waals surface area contributed by atoms with Crippen LogP contribution in [0.1, 0.15) is 18.5 Å². The van der Waals surface area contributed by atoms with Crippen LogP contribution in [0.2, 0.25) is 0 Å².